The Morgan fingerprint density at radius 1 is 1.31 bits per heavy atom. The predicted octanol–water partition coefficient (Wildman–Crippen LogP) is 1.21. The van der Waals surface area contributed by atoms with Crippen molar-refractivity contribution in [1.82, 2.24) is 5.32 Å². The van der Waals surface area contributed by atoms with Gasteiger partial charge in [0.15, 0.2) is 9.84 Å². The lowest BCUT2D eigenvalue weighted by Crippen LogP contribution is -2.18. The lowest BCUT2D eigenvalue weighted by atomic mass is 10.2. The molecule has 1 fully saturated rings. The molecule has 0 bridgehead atoms. The van der Waals surface area contributed by atoms with Gasteiger partial charge >= 0.3 is 0 Å². The summed E-state index contributed by atoms with van der Waals surface area (Å²) in [4.78, 5) is 0.209. The van der Waals surface area contributed by atoms with E-state index in [1.54, 1.807) is 0 Å². The summed E-state index contributed by atoms with van der Waals surface area (Å²) in [6.07, 6.45) is 0.889. The van der Waals surface area contributed by atoms with E-state index in [9.17, 15) is 12.8 Å². The maximum Gasteiger partial charge on any atom is 0.178 e. The van der Waals surface area contributed by atoms with Crippen LogP contribution in [0.5, 0.6) is 0 Å². The van der Waals surface area contributed by atoms with Crippen molar-refractivity contribution in [2.75, 3.05) is 18.8 Å². The van der Waals surface area contributed by atoms with Crippen LogP contribution in [-0.2, 0) is 9.84 Å². The summed E-state index contributed by atoms with van der Waals surface area (Å²) in [5.41, 5.74) is 0. The monoisotopic (exact) mass is 243 g/mol. The van der Waals surface area contributed by atoms with Gasteiger partial charge in [-0.1, -0.05) is 0 Å². The zero-order valence-electron chi connectivity index (χ0n) is 8.82. The number of hydrogen-bond acceptors (Lipinski definition) is 3. The van der Waals surface area contributed by atoms with Crippen molar-refractivity contribution >= 4 is 9.84 Å². The molecule has 1 saturated heterocycles. The Hall–Kier alpha value is -0.940. The molecule has 1 aromatic carbocycles. The number of hydrogen-bond donors (Lipinski definition) is 1. The van der Waals surface area contributed by atoms with Crippen LogP contribution in [0.25, 0.3) is 0 Å². The van der Waals surface area contributed by atoms with Gasteiger partial charge in [0, 0.05) is 0 Å². The molecule has 0 saturated carbocycles. The average molecular weight is 243 g/mol. The number of sulfone groups is 1. The average Bonchev–Trinajstić information content (AvgIpc) is 2.70. The molecule has 3 nitrogen and oxygen atoms in total. The van der Waals surface area contributed by atoms with Gasteiger partial charge in [0.2, 0.25) is 0 Å². The van der Waals surface area contributed by atoms with E-state index in [0.717, 1.165) is 19.5 Å². The molecule has 1 heterocycles. The van der Waals surface area contributed by atoms with Gasteiger partial charge in [-0.3, -0.25) is 0 Å². The molecule has 1 aromatic rings. The van der Waals surface area contributed by atoms with Crippen LogP contribution in [-0.4, -0.2) is 27.3 Å². The third-order valence-corrected chi connectivity index (χ3v) is 4.69. The van der Waals surface area contributed by atoms with Crippen molar-refractivity contribution in [3.63, 3.8) is 0 Å². The molecular weight excluding hydrogens is 229 g/mol. The van der Waals surface area contributed by atoms with Gasteiger partial charge in [-0.2, -0.15) is 0 Å². The van der Waals surface area contributed by atoms with E-state index in [-0.39, 0.29) is 16.6 Å². The van der Waals surface area contributed by atoms with E-state index < -0.39 is 15.7 Å². The largest absolute Gasteiger partial charge is 0.316 e. The van der Waals surface area contributed by atoms with Gasteiger partial charge in [0.1, 0.15) is 5.82 Å². The highest BCUT2D eigenvalue weighted by Gasteiger charge is 2.23. The van der Waals surface area contributed by atoms with Crippen molar-refractivity contribution in [3.8, 4) is 0 Å². The number of halogens is 1. The lowest BCUT2D eigenvalue weighted by molar-refractivity contribution is 0.570. The van der Waals surface area contributed by atoms with Gasteiger partial charge in [-0.15, -0.1) is 0 Å². The molecule has 0 spiro atoms. The second-order valence-electron chi connectivity index (χ2n) is 4.09. The molecule has 0 radical (unpaired) electrons. The summed E-state index contributed by atoms with van der Waals surface area (Å²) in [5, 5.41) is 3.13. The van der Waals surface area contributed by atoms with Gasteiger partial charge in [-0.25, -0.2) is 12.8 Å². The summed E-state index contributed by atoms with van der Waals surface area (Å²) in [6.45, 7) is 1.63. The topological polar surface area (TPSA) is 46.2 Å². The Morgan fingerprint density at radius 2 is 2.00 bits per heavy atom. The molecule has 1 N–H and O–H groups in total. The molecule has 2 rings (SSSR count). The van der Waals surface area contributed by atoms with Crippen LogP contribution in [0.4, 0.5) is 4.39 Å². The van der Waals surface area contributed by atoms with Gasteiger partial charge in [-0.05, 0) is 49.7 Å². The molecule has 0 amide bonds. The SMILES string of the molecule is O=S(=O)(CC1CCNC1)c1ccc(F)cc1. The normalized spacial score (nSPS) is 21.2. The van der Waals surface area contributed by atoms with Crippen LogP contribution < -0.4 is 5.32 Å². The van der Waals surface area contributed by atoms with Crippen molar-refractivity contribution in [1.29, 1.82) is 0 Å². The Labute approximate surface area is 94.6 Å². The maximum absolute atomic E-state index is 12.7. The molecule has 1 unspecified atom stereocenters. The highest BCUT2D eigenvalue weighted by molar-refractivity contribution is 7.91. The Bertz CT molecular complexity index is 449. The number of nitrogens with one attached hydrogen (secondary N) is 1. The van der Waals surface area contributed by atoms with E-state index in [1.807, 2.05) is 0 Å². The van der Waals surface area contributed by atoms with E-state index in [4.69, 9.17) is 0 Å². The maximum atomic E-state index is 12.7. The van der Waals surface area contributed by atoms with Gasteiger partial charge in [0.05, 0.1) is 10.6 Å². The van der Waals surface area contributed by atoms with Crippen molar-refractivity contribution in [2.24, 2.45) is 5.92 Å². The third-order valence-electron chi connectivity index (χ3n) is 2.79. The minimum atomic E-state index is -3.27. The van der Waals surface area contributed by atoms with E-state index in [1.165, 1.54) is 24.3 Å². The standard InChI is InChI=1S/C11H14FNO2S/c12-10-1-3-11(4-2-10)16(14,15)8-9-5-6-13-7-9/h1-4,9,13H,5-8H2. The summed E-state index contributed by atoms with van der Waals surface area (Å²) < 4.78 is 36.6. The molecule has 88 valence electrons. The van der Waals surface area contributed by atoms with Crippen LogP contribution in [0.15, 0.2) is 29.2 Å². The van der Waals surface area contributed by atoms with Gasteiger partial charge in [0.25, 0.3) is 0 Å². The summed E-state index contributed by atoms with van der Waals surface area (Å²) in [6, 6.07) is 5.01. The van der Waals surface area contributed by atoms with E-state index in [0.29, 0.717) is 0 Å². The van der Waals surface area contributed by atoms with Crippen LogP contribution in [0, 0.1) is 11.7 Å². The Morgan fingerprint density at radius 3 is 2.56 bits per heavy atom. The molecule has 0 aromatic heterocycles. The second-order valence-corrected chi connectivity index (χ2v) is 6.13. The molecule has 1 atom stereocenters. The number of benzene rings is 1. The lowest BCUT2D eigenvalue weighted by Gasteiger charge is -2.09. The Balaban J connectivity index is 2.14. The third kappa shape index (κ3) is 2.59. The first-order chi connectivity index (χ1) is 7.58. The fourth-order valence-electron chi connectivity index (χ4n) is 1.91. The zero-order valence-corrected chi connectivity index (χ0v) is 9.63. The highest BCUT2D eigenvalue weighted by atomic mass is 32.2. The number of rotatable bonds is 3. The molecule has 0 aliphatic carbocycles. The van der Waals surface area contributed by atoms with E-state index >= 15 is 0 Å². The summed E-state index contributed by atoms with van der Waals surface area (Å²) >= 11 is 0. The Kier molecular flexibility index (Phi) is 3.25. The van der Waals surface area contributed by atoms with Gasteiger partial charge < -0.3 is 5.32 Å². The van der Waals surface area contributed by atoms with Crippen LogP contribution in [0.2, 0.25) is 0 Å². The fourth-order valence-corrected chi connectivity index (χ4v) is 3.55. The second kappa shape index (κ2) is 4.51. The highest BCUT2D eigenvalue weighted by Crippen LogP contribution is 2.18. The summed E-state index contributed by atoms with van der Waals surface area (Å²) in [7, 11) is -3.27. The first kappa shape index (κ1) is 11.5. The zero-order chi connectivity index (χ0) is 11.6. The minimum absolute atomic E-state index is 0.144. The molecular formula is C11H14FNO2S. The van der Waals surface area contributed by atoms with Crippen LogP contribution in [0.3, 0.4) is 0 Å². The molecule has 5 heteroatoms. The first-order valence-electron chi connectivity index (χ1n) is 5.27. The molecule has 1 aliphatic heterocycles. The minimum Gasteiger partial charge on any atom is -0.316 e. The molecule has 1 aliphatic rings. The van der Waals surface area contributed by atoms with Crippen LogP contribution >= 0.6 is 0 Å². The summed E-state index contributed by atoms with van der Waals surface area (Å²) in [5.74, 6) is -0.0948. The first-order valence-corrected chi connectivity index (χ1v) is 6.92. The smallest absolute Gasteiger partial charge is 0.178 e. The fraction of sp³-hybridized carbons (Fsp3) is 0.455. The van der Waals surface area contributed by atoms with Crippen molar-refractivity contribution in [2.45, 2.75) is 11.3 Å². The quantitative estimate of drug-likeness (QED) is 0.812. The predicted molar refractivity (Wildman–Crippen MR) is 59.4 cm³/mol. The van der Waals surface area contributed by atoms with Crippen molar-refractivity contribution in [3.05, 3.63) is 30.1 Å². The van der Waals surface area contributed by atoms with Crippen molar-refractivity contribution < 1.29 is 12.8 Å². The van der Waals surface area contributed by atoms with E-state index in [2.05, 4.69) is 5.32 Å². The molecule has 16 heavy (non-hydrogen) atoms. The van der Waals surface area contributed by atoms with Crippen LogP contribution in [0.1, 0.15) is 6.42 Å².